The molecule has 4 nitrogen and oxygen atoms in total. The van der Waals surface area contributed by atoms with Gasteiger partial charge in [0.15, 0.2) is 5.92 Å². The molecule has 0 saturated carbocycles. The molecule has 0 aliphatic carbocycles. The molecule has 1 aliphatic rings. The van der Waals surface area contributed by atoms with Crippen molar-refractivity contribution in [1.82, 2.24) is 5.32 Å². The largest absolute Gasteiger partial charge is 0.480 e. The smallest absolute Gasteiger partial charge is 0.320 e. The third kappa shape index (κ3) is 1.47. The number of aliphatic carboxylic acids is 1. The number of hydrogen-bond donors (Lipinski definition) is 2. The van der Waals surface area contributed by atoms with Gasteiger partial charge in [0.2, 0.25) is 5.91 Å². The van der Waals surface area contributed by atoms with E-state index in [0.29, 0.717) is 5.57 Å². The van der Waals surface area contributed by atoms with Gasteiger partial charge in [0.05, 0.1) is 0 Å². The molecule has 1 aliphatic heterocycles. The van der Waals surface area contributed by atoms with Crippen LogP contribution in [0.2, 0.25) is 0 Å². The number of carboxylic acid groups (broad SMARTS) is 1. The molecular formula is C8H11NO3. The Balaban J connectivity index is 2.94. The lowest BCUT2D eigenvalue weighted by atomic mass is 9.94. The van der Waals surface area contributed by atoms with E-state index >= 15 is 0 Å². The average molecular weight is 169 g/mol. The van der Waals surface area contributed by atoms with Gasteiger partial charge in [-0.3, -0.25) is 9.59 Å². The molecule has 0 aromatic carbocycles. The summed E-state index contributed by atoms with van der Waals surface area (Å²) in [6, 6.07) is -0.0619. The summed E-state index contributed by atoms with van der Waals surface area (Å²) in [5.41, 5.74) is 0.610. The Hall–Kier alpha value is -1.32. The lowest BCUT2D eigenvalue weighted by Crippen LogP contribution is -2.44. The van der Waals surface area contributed by atoms with Crippen LogP contribution in [0.4, 0.5) is 0 Å². The quantitative estimate of drug-likeness (QED) is 0.434. The zero-order chi connectivity index (χ0) is 9.30. The fraction of sp³-hybridized carbons (Fsp3) is 0.500. The normalized spacial score (nSPS) is 29.2. The second-order valence-electron chi connectivity index (χ2n) is 2.98. The van der Waals surface area contributed by atoms with Gasteiger partial charge in [-0.15, -0.1) is 0 Å². The summed E-state index contributed by atoms with van der Waals surface area (Å²) >= 11 is 0. The van der Waals surface area contributed by atoms with Crippen molar-refractivity contribution in [2.45, 2.75) is 19.9 Å². The summed E-state index contributed by atoms with van der Waals surface area (Å²) < 4.78 is 0. The van der Waals surface area contributed by atoms with Gasteiger partial charge in [-0.25, -0.2) is 0 Å². The molecule has 4 heteroatoms. The second-order valence-corrected chi connectivity index (χ2v) is 2.98. The van der Waals surface area contributed by atoms with Gasteiger partial charge in [0.1, 0.15) is 0 Å². The monoisotopic (exact) mass is 169 g/mol. The zero-order valence-corrected chi connectivity index (χ0v) is 7.00. The molecule has 0 radical (unpaired) electrons. The predicted octanol–water partition coefficient (Wildman–Crippen LogP) is 0.152. The number of amides is 1. The number of hydrogen-bond acceptors (Lipinski definition) is 2. The first-order valence-electron chi connectivity index (χ1n) is 3.74. The molecule has 0 bridgehead atoms. The summed E-state index contributed by atoms with van der Waals surface area (Å²) in [5, 5.41) is 11.2. The van der Waals surface area contributed by atoms with Gasteiger partial charge in [-0.05, 0) is 13.8 Å². The highest BCUT2D eigenvalue weighted by Gasteiger charge is 2.31. The van der Waals surface area contributed by atoms with Crippen molar-refractivity contribution in [2.24, 2.45) is 5.92 Å². The molecule has 1 amide bonds. The Kier molecular flexibility index (Phi) is 2.17. The molecule has 66 valence electrons. The molecule has 1 heterocycles. The summed E-state index contributed by atoms with van der Waals surface area (Å²) in [4.78, 5) is 21.7. The number of nitrogens with one attached hydrogen (secondary N) is 1. The van der Waals surface area contributed by atoms with Crippen LogP contribution in [0, 0.1) is 5.92 Å². The number of carbonyl (C=O) groups excluding carboxylic acids is 1. The van der Waals surface area contributed by atoms with E-state index in [1.54, 1.807) is 19.9 Å². The van der Waals surface area contributed by atoms with Gasteiger partial charge >= 0.3 is 5.97 Å². The Labute approximate surface area is 70.3 Å². The average Bonchev–Trinajstić information content (AvgIpc) is 1.82. The van der Waals surface area contributed by atoms with E-state index < -0.39 is 17.8 Å². The molecule has 0 aromatic heterocycles. The Morgan fingerprint density at radius 1 is 1.67 bits per heavy atom. The van der Waals surface area contributed by atoms with Crippen molar-refractivity contribution < 1.29 is 14.7 Å². The van der Waals surface area contributed by atoms with Crippen molar-refractivity contribution in [2.75, 3.05) is 0 Å². The van der Waals surface area contributed by atoms with E-state index in [0.717, 1.165) is 0 Å². The fourth-order valence-electron chi connectivity index (χ4n) is 1.35. The van der Waals surface area contributed by atoms with Crippen LogP contribution in [0.1, 0.15) is 13.8 Å². The summed E-state index contributed by atoms with van der Waals surface area (Å²) in [5.74, 6) is -2.51. The predicted molar refractivity (Wildman–Crippen MR) is 42.5 cm³/mol. The first-order valence-corrected chi connectivity index (χ1v) is 3.74. The molecular weight excluding hydrogens is 158 g/mol. The molecule has 2 N–H and O–H groups in total. The molecule has 2 atom stereocenters. The second kappa shape index (κ2) is 2.97. The van der Waals surface area contributed by atoms with Crippen LogP contribution in [0.15, 0.2) is 11.6 Å². The van der Waals surface area contributed by atoms with Gasteiger partial charge in [-0.1, -0.05) is 11.6 Å². The highest BCUT2D eigenvalue weighted by molar-refractivity contribution is 6.00. The van der Waals surface area contributed by atoms with E-state index in [2.05, 4.69) is 5.32 Å². The Bertz CT molecular complexity index is 257. The number of carbonyl (C=O) groups is 2. The number of carboxylic acids is 1. The lowest BCUT2D eigenvalue weighted by molar-refractivity contribution is -0.145. The van der Waals surface area contributed by atoms with Crippen LogP contribution in [-0.4, -0.2) is 23.0 Å². The van der Waals surface area contributed by atoms with E-state index in [4.69, 9.17) is 5.11 Å². The summed E-state index contributed by atoms with van der Waals surface area (Å²) in [6.07, 6.45) is 1.75. The van der Waals surface area contributed by atoms with Crippen molar-refractivity contribution in [3.05, 3.63) is 11.6 Å². The van der Waals surface area contributed by atoms with Crippen LogP contribution in [0.3, 0.4) is 0 Å². The summed E-state index contributed by atoms with van der Waals surface area (Å²) in [6.45, 7) is 3.47. The molecule has 0 fully saturated rings. The van der Waals surface area contributed by atoms with Gasteiger partial charge in [0, 0.05) is 6.04 Å². The van der Waals surface area contributed by atoms with Gasteiger partial charge < -0.3 is 10.4 Å². The third-order valence-corrected chi connectivity index (χ3v) is 1.85. The topological polar surface area (TPSA) is 66.4 Å². The lowest BCUT2D eigenvalue weighted by Gasteiger charge is -2.22. The number of rotatable bonds is 1. The van der Waals surface area contributed by atoms with Crippen molar-refractivity contribution in [3.63, 3.8) is 0 Å². The maximum Gasteiger partial charge on any atom is 0.320 e. The maximum atomic E-state index is 11.1. The van der Waals surface area contributed by atoms with E-state index in [9.17, 15) is 9.59 Å². The highest BCUT2D eigenvalue weighted by Crippen LogP contribution is 2.16. The molecule has 0 spiro atoms. The minimum atomic E-state index is -1.09. The zero-order valence-electron chi connectivity index (χ0n) is 7.00. The minimum absolute atomic E-state index is 0.0619. The third-order valence-electron chi connectivity index (χ3n) is 1.85. The van der Waals surface area contributed by atoms with Crippen molar-refractivity contribution in [3.8, 4) is 0 Å². The van der Waals surface area contributed by atoms with E-state index in [-0.39, 0.29) is 6.04 Å². The van der Waals surface area contributed by atoms with Crippen LogP contribution < -0.4 is 5.32 Å². The standard InChI is InChI=1S/C8H11NO3/c1-4-3-5(2)9-7(10)6(4)8(11)12/h3,5-6H,1-2H3,(H,9,10)(H,11,12). The van der Waals surface area contributed by atoms with Gasteiger partial charge in [-0.2, -0.15) is 0 Å². The fourth-order valence-corrected chi connectivity index (χ4v) is 1.35. The molecule has 0 aromatic rings. The van der Waals surface area contributed by atoms with Crippen molar-refractivity contribution in [1.29, 1.82) is 0 Å². The van der Waals surface area contributed by atoms with E-state index in [1.807, 2.05) is 0 Å². The minimum Gasteiger partial charge on any atom is -0.480 e. The Morgan fingerprint density at radius 3 is 2.67 bits per heavy atom. The van der Waals surface area contributed by atoms with Crippen LogP contribution in [-0.2, 0) is 9.59 Å². The first-order chi connectivity index (χ1) is 5.52. The molecule has 0 saturated heterocycles. The molecule has 12 heavy (non-hydrogen) atoms. The molecule has 2 unspecified atom stereocenters. The summed E-state index contributed by atoms with van der Waals surface area (Å²) in [7, 11) is 0. The van der Waals surface area contributed by atoms with Crippen LogP contribution >= 0.6 is 0 Å². The highest BCUT2D eigenvalue weighted by atomic mass is 16.4. The molecule has 1 rings (SSSR count). The first kappa shape index (κ1) is 8.77. The van der Waals surface area contributed by atoms with E-state index in [1.165, 1.54) is 0 Å². The van der Waals surface area contributed by atoms with Crippen molar-refractivity contribution >= 4 is 11.9 Å². The van der Waals surface area contributed by atoms with Crippen LogP contribution in [0.5, 0.6) is 0 Å². The van der Waals surface area contributed by atoms with Gasteiger partial charge in [0.25, 0.3) is 0 Å². The van der Waals surface area contributed by atoms with Crippen LogP contribution in [0.25, 0.3) is 0 Å². The SMILES string of the molecule is CC1=CC(C)NC(=O)C1C(=O)O. The maximum absolute atomic E-state index is 11.1. The Morgan fingerprint density at radius 2 is 2.25 bits per heavy atom.